The highest BCUT2D eigenvalue weighted by molar-refractivity contribution is 8.00. The zero-order chi connectivity index (χ0) is 13.9. The molecule has 0 N–H and O–H groups in total. The topological polar surface area (TPSA) is 46.1 Å². The van der Waals surface area contributed by atoms with Crippen LogP contribution in [0.4, 0.5) is 0 Å². The van der Waals surface area contributed by atoms with Gasteiger partial charge < -0.3 is 4.90 Å². The van der Waals surface area contributed by atoms with E-state index >= 15 is 0 Å². The first-order valence-electron chi connectivity index (χ1n) is 6.49. The molecule has 106 valence electrons. The van der Waals surface area contributed by atoms with Crippen molar-refractivity contribution < 1.29 is 4.79 Å². The summed E-state index contributed by atoms with van der Waals surface area (Å²) in [4.78, 5) is 23.4. The molecule has 20 heavy (non-hydrogen) atoms. The van der Waals surface area contributed by atoms with Crippen LogP contribution in [0.15, 0.2) is 21.3 Å². The molecule has 1 fully saturated rings. The lowest BCUT2D eigenvalue weighted by Crippen LogP contribution is -2.38. The van der Waals surface area contributed by atoms with Gasteiger partial charge in [0.15, 0.2) is 0 Å². The summed E-state index contributed by atoms with van der Waals surface area (Å²) in [7, 11) is 0. The largest absolute Gasteiger partial charge is 0.328 e. The molecule has 0 saturated carbocycles. The third-order valence-electron chi connectivity index (χ3n) is 3.38. The third kappa shape index (κ3) is 2.75. The number of thioether (sulfide) groups is 1. The van der Waals surface area contributed by atoms with Crippen LogP contribution in [-0.2, 0) is 0 Å². The normalized spacial score (nSPS) is 19.2. The van der Waals surface area contributed by atoms with Crippen LogP contribution in [0.2, 0.25) is 0 Å². The highest BCUT2D eigenvalue weighted by Crippen LogP contribution is 2.33. The first kappa shape index (κ1) is 14.0. The van der Waals surface area contributed by atoms with Gasteiger partial charge in [0.1, 0.15) is 15.0 Å². The lowest BCUT2D eigenvalue weighted by molar-refractivity contribution is 0.0605. The summed E-state index contributed by atoms with van der Waals surface area (Å²) in [6.45, 7) is 0.801. The fraction of sp³-hybridized carbons (Fsp3) is 0.462. The third-order valence-corrected chi connectivity index (χ3v) is 6.12. The molecule has 1 atom stereocenters. The maximum atomic E-state index is 12.7. The molecule has 0 aliphatic carbocycles. The van der Waals surface area contributed by atoms with Crippen molar-refractivity contribution in [1.82, 2.24) is 14.9 Å². The second kappa shape index (κ2) is 6.24. The maximum Gasteiger partial charge on any atom is 0.273 e. The van der Waals surface area contributed by atoms with Gasteiger partial charge >= 0.3 is 0 Å². The lowest BCUT2D eigenvalue weighted by Gasteiger charge is -2.34. The molecule has 3 rings (SSSR count). The number of likely N-dealkylation sites (tertiary alicyclic amines) is 1. The summed E-state index contributed by atoms with van der Waals surface area (Å²) in [5.41, 5.74) is 0.572. The van der Waals surface area contributed by atoms with E-state index in [9.17, 15) is 4.79 Å². The predicted octanol–water partition coefficient (Wildman–Crippen LogP) is 3.69. The Hall–Kier alpha value is -0.920. The molecule has 0 bridgehead atoms. The average Bonchev–Trinajstić information content (AvgIpc) is 3.17. The number of carbonyl (C=O) groups is 1. The number of hydrogen-bond donors (Lipinski definition) is 0. The number of thiazole rings is 2. The summed E-state index contributed by atoms with van der Waals surface area (Å²) in [6, 6.07) is 0.121. The van der Waals surface area contributed by atoms with Gasteiger partial charge in [-0.2, -0.15) is 0 Å². The summed E-state index contributed by atoms with van der Waals surface area (Å²) in [6.07, 6.45) is 7.01. The van der Waals surface area contributed by atoms with Crippen LogP contribution in [0.25, 0.3) is 0 Å². The van der Waals surface area contributed by atoms with Gasteiger partial charge in [-0.3, -0.25) is 4.79 Å². The lowest BCUT2D eigenvalue weighted by atomic mass is 10.0. The number of carbonyl (C=O) groups excluding carboxylic acids is 1. The minimum absolute atomic E-state index is 0.0430. The van der Waals surface area contributed by atoms with Crippen LogP contribution in [0, 0.1) is 0 Å². The van der Waals surface area contributed by atoms with Crippen LogP contribution in [0.3, 0.4) is 0 Å². The van der Waals surface area contributed by atoms with E-state index in [1.807, 2.05) is 28.1 Å². The van der Waals surface area contributed by atoms with Crippen molar-refractivity contribution >= 4 is 40.3 Å². The molecule has 0 aromatic carbocycles. The van der Waals surface area contributed by atoms with Gasteiger partial charge in [0, 0.05) is 23.5 Å². The number of piperidine rings is 1. The van der Waals surface area contributed by atoms with E-state index in [-0.39, 0.29) is 11.9 Å². The average molecular weight is 325 g/mol. The molecular weight excluding hydrogens is 310 g/mol. The molecule has 1 saturated heterocycles. The Bertz CT molecular complexity index is 581. The summed E-state index contributed by atoms with van der Waals surface area (Å²) < 4.78 is 0.941. The van der Waals surface area contributed by atoms with E-state index in [0.29, 0.717) is 5.69 Å². The highest BCUT2D eigenvalue weighted by atomic mass is 32.2. The van der Waals surface area contributed by atoms with Crippen molar-refractivity contribution in [1.29, 1.82) is 0 Å². The predicted molar refractivity (Wildman–Crippen MR) is 83.6 cm³/mol. The van der Waals surface area contributed by atoms with Gasteiger partial charge in [0.2, 0.25) is 0 Å². The Morgan fingerprint density at radius 2 is 2.35 bits per heavy atom. The zero-order valence-electron chi connectivity index (χ0n) is 11.1. The van der Waals surface area contributed by atoms with Crippen molar-refractivity contribution in [3.8, 4) is 0 Å². The van der Waals surface area contributed by atoms with Gasteiger partial charge in [0.05, 0.1) is 6.04 Å². The zero-order valence-corrected chi connectivity index (χ0v) is 13.6. The van der Waals surface area contributed by atoms with Gasteiger partial charge in [0.25, 0.3) is 5.91 Å². The second-order valence-electron chi connectivity index (χ2n) is 4.58. The molecule has 2 aromatic heterocycles. The molecule has 0 radical (unpaired) electrons. The monoisotopic (exact) mass is 325 g/mol. The van der Waals surface area contributed by atoms with Gasteiger partial charge in [-0.1, -0.05) is 11.8 Å². The fourth-order valence-electron chi connectivity index (χ4n) is 2.43. The van der Waals surface area contributed by atoms with Crippen molar-refractivity contribution in [2.24, 2.45) is 0 Å². The van der Waals surface area contributed by atoms with E-state index in [0.717, 1.165) is 35.2 Å². The number of amides is 1. The summed E-state index contributed by atoms with van der Waals surface area (Å²) in [5.74, 6) is 0.0430. The van der Waals surface area contributed by atoms with Crippen LogP contribution >= 0.6 is 34.4 Å². The quantitative estimate of drug-likeness (QED) is 0.808. The summed E-state index contributed by atoms with van der Waals surface area (Å²) in [5, 5.41) is 4.88. The number of aromatic nitrogens is 2. The van der Waals surface area contributed by atoms with Gasteiger partial charge in [-0.25, -0.2) is 9.97 Å². The van der Waals surface area contributed by atoms with Crippen molar-refractivity contribution in [3.05, 3.63) is 27.7 Å². The molecule has 1 aliphatic rings. The second-order valence-corrected chi connectivity index (χ2v) is 7.42. The van der Waals surface area contributed by atoms with Crippen LogP contribution in [0.5, 0.6) is 0 Å². The van der Waals surface area contributed by atoms with E-state index < -0.39 is 0 Å². The smallest absolute Gasteiger partial charge is 0.273 e. The molecule has 0 spiro atoms. The van der Waals surface area contributed by atoms with Gasteiger partial charge in [-0.15, -0.1) is 22.7 Å². The molecule has 3 heterocycles. The molecule has 7 heteroatoms. The SMILES string of the molecule is CSc1nc(C(=O)N2CCCC[C@H]2c2nccs2)cs1. The molecule has 1 aliphatic heterocycles. The van der Waals surface area contributed by atoms with Gasteiger partial charge in [-0.05, 0) is 25.5 Å². The molecule has 4 nitrogen and oxygen atoms in total. The fourth-order valence-corrected chi connectivity index (χ4v) is 4.45. The van der Waals surface area contributed by atoms with E-state index in [1.165, 1.54) is 11.3 Å². The van der Waals surface area contributed by atoms with Crippen LogP contribution in [-0.4, -0.2) is 33.6 Å². The Morgan fingerprint density at radius 1 is 1.45 bits per heavy atom. The highest BCUT2D eigenvalue weighted by Gasteiger charge is 2.31. The first-order chi connectivity index (χ1) is 9.79. The maximum absolute atomic E-state index is 12.7. The van der Waals surface area contributed by atoms with Crippen molar-refractivity contribution in [2.75, 3.05) is 12.8 Å². The standard InChI is InChI=1S/C13H15N3OS3/c1-18-13-15-9(8-20-13)12(17)16-6-3-2-4-10(16)11-14-5-7-19-11/h5,7-8,10H,2-4,6H2,1H3/t10-/m0/s1. The number of rotatable bonds is 3. The molecule has 0 unspecified atom stereocenters. The van der Waals surface area contributed by atoms with E-state index in [2.05, 4.69) is 9.97 Å². The Balaban J connectivity index is 1.84. The Labute approximate surface area is 130 Å². The molecule has 2 aromatic rings. The van der Waals surface area contributed by atoms with Crippen molar-refractivity contribution in [3.63, 3.8) is 0 Å². The van der Waals surface area contributed by atoms with Crippen LogP contribution < -0.4 is 0 Å². The molecule has 1 amide bonds. The van der Waals surface area contributed by atoms with Crippen LogP contribution in [0.1, 0.15) is 40.8 Å². The number of nitrogens with zero attached hydrogens (tertiary/aromatic N) is 3. The van der Waals surface area contributed by atoms with E-state index in [1.54, 1.807) is 23.1 Å². The van der Waals surface area contributed by atoms with E-state index in [4.69, 9.17) is 0 Å². The minimum atomic E-state index is 0.0430. The molecular formula is C13H15N3OS3. The first-order valence-corrected chi connectivity index (χ1v) is 9.48. The van der Waals surface area contributed by atoms with Crippen molar-refractivity contribution in [2.45, 2.75) is 29.6 Å². The Morgan fingerprint density at radius 3 is 3.05 bits per heavy atom. The number of hydrogen-bond acceptors (Lipinski definition) is 6. The minimum Gasteiger partial charge on any atom is -0.328 e. The summed E-state index contributed by atoms with van der Waals surface area (Å²) >= 11 is 4.74. The Kier molecular flexibility index (Phi) is 4.38.